The molecule has 0 radical (unpaired) electrons. The van der Waals surface area contributed by atoms with Crippen molar-refractivity contribution in [1.82, 2.24) is 4.98 Å². The molecular weight excluding hydrogens is 444 g/mol. The maximum absolute atomic E-state index is 13.4. The van der Waals surface area contributed by atoms with Crippen LogP contribution in [0.4, 0.5) is 5.69 Å². The van der Waals surface area contributed by atoms with Crippen LogP contribution < -0.4 is 19.1 Å². The van der Waals surface area contributed by atoms with Gasteiger partial charge in [0.05, 0.1) is 25.4 Å². The molecule has 0 atom stereocenters. The van der Waals surface area contributed by atoms with E-state index in [-0.39, 0.29) is 24.1 Å². The number of ketones is 1. The SMILES string of the molecule is CCOc1ccc(CCCC(=O)CN2C(=O)c3cccnc3Oc3ccc(C)cc32)cc1OCC. The minimum atomic E-state index is -0.293. The van der Waals surface area contributed by atoms with Crippen LogP contribution in [0, 0.1) is 6.92 Å². The van der Waals surface area contributed by atoms with Gasteiger partial charge in [-0.05, 0) is 81.1 Å². The van der Waals surface area contributed by atoms with E-state index in [4.69, 9.17) is 14.2 Å². The minimum absolute atomic E-state index is 0.0193. The monoisotopic (exact) mass is 474 g/mol. The number of aryl methyl sites for hydroxylation is 2. The third kappa shape index (κ3) is 5.62. The highest BCUT2D eigenvalue weighted by Crippen LogP contribution is 2.38. The Morgan fingerprint density at radius 2 is 1.83 bits per heavy atom. The standard InChI is InChI=1S/C28H30N2O5/c1-4-33-25-14-12-20(17-26(25)34-5-2)8-6-9-21(31)18-30-23-16-19(3)11-13-24(23)35-27-22(28(30)32)10-7-15-29-27/h7,10-17H,4-6,8-9,18H2,1-3H3. The number of amides is 1. The molecule has 7 heteroatoms. The van der Waals surface area contributed by atoms with Crippen molar-refractivity contribution in [3.8, 4) is 23.1 Å². The predicted molar refractivity (Wildman–Crippen MR) is 134 cm³/mol. The molecule has 182 valence electrons. The number of ether oxygens (including phenoxy) is 3. The van der Waals surface area contributed by atoms with Crippen LogP contribution in [0.15, 0.2) is 54.7 Å². The first-order valence-electron chi connectivity index (χ1n) is 12.0. The Morgan fingerprint density at radius 3 is 2.63 bits per heavy atom. The molecule has 0 N–H and O–H groups in total. The smallest absolute Gasteiger partial charge is 0.264 e. The molecule has 0 bridgehead atoms. The van der Waals surface area contributed by atoms with Gasteiger partial charge in [0.1, 0.15) is 5.56 Å². The average molecular weight is 475 g/mol. The van der Waals surface area contributed by atoms with E-state index < -0.39 is 0 Å². The highest BCUT2D eigenvalue weighted by Gasteiger charge is 2.30. The van der Waals surface area contributed by atoms with Crippen LogP contribution in [-0.2, 0) is 11.2 Å². The lowest BCUT2D eigenvalue weighted by molar-refractivity contribution is -0.117. The summed E-state index contributed by atoms with van der Waals surface area (Å²) < 4.78 is 17.3. The van der Waals surface area contributed by atoms with Gasteiger partial charge in [-0.25, -0.2) is 4.98 Å². The van der Waals surface area contributed by atoms with Crippen LogP contribution >= 0.6 is 0 Å². The Morgan fingerprint density at radius 1 is 1.03 bits per heavy atom. The number of carbonyl (C=O) groups is 2. The second-order valence-corrected chi connectivity index (χ2v) is 8.36. The Balaban J connectivity index is 1.45. The zero-order valence-electron chi connectivity index (χ0n) is 20.4. The van der Waals surface area contributed by atoms with E-state index in [1.165, 1.54) is 4.90 Å². The summed E-state index contributed by atoms with van der Waals surface area (Å²) in [6.07, 6.45) is 3.31. The van der Waals surface area contributed by atoms with Crippen LogP contribution in [0.5, 0.6) is 23.1 Å². The minimum Gasteiger partial charge on any atom is -0.490 e. The Kier molecular flexibility index (Phi) is 7.65. The largest absolute Gasteiger partial charge is 0.490 e. The molecular formula is C28H30N2O5. The number of hydrogen-bond acceptors (Lipinski definition) is 6. The maximum Gasteiger partial charge on any atom is 0.264 e. The normalized spacial score (nSPS) is 12.3. The molecule has 0 aliphatic carbocycles. The number of fused-ring (bicyclic) bond motifs is 2. The van der Waals surface area contributed by atoms with Crippen molar-refractivity contribution < 1.29 is 23.8 Å². The highest BCUT2D eigenvalue weighted by atomic mass is 16.5. The summed E-state index contributed by atoms with van der Waals surface area (Å²) in [7, 11) is 0. The van der Waals surface area contributed by atoms with E-state index in [1.807, 2.05) is 51.1 Å². The van der Waals surface area contributed by atoms with Crippen molar-refractivity contribution in [2.75, 3.05) is 24.7 Å². The lowest BCUT2D eigenvalue weighted by atomic mass is 10.1. The van der Waals surface area contributed by atoms with Gasteiger partial charge in [0.25, 0.3) is 5.91 Å². The number of nitrogens with zero attached hydrogens (tertiary/aromatic N) is 2. The van der Waals surface area contributed by atoms with E-state index in [9.17, 15) is 9.59 Å². The van der Waals surface area contributed by atoms with Gasteiger partial charge in [0, 0.05) is 12.6 Å². The number of rotatable bonds is 10. The summed E-state index contributed by atoms with van der Waals surface area (Å²) in [5, 5.41) is 0. The molecule has 1 aromatic heterocycles. The maximum atomic E-state index is 13.4. The molecule has 2 heterocycles. The molecule has 0 saturated heterocycles. The first kappa shape index (κ1) is 24.3. The molecule has 7 nitrogen and oxygen atoms in total. The van der Waals surface area contributed by atoms with Gasteiger partial charge >= 0.3 is 0 Å². The van der Waals surface area contributed by atoms with E-state index >= 15 is 0 Å². The number of carbonyl (C=O) groups excluding carboxylic acids is 2. The number of Topliss-reactive ketones (excluding diaryl/α,β-unsaturated/α-hetero) is 1. The molecule has 0 saturated carbocycles. The highest BCUT2D eigenvalue weighted by molar-refractivity contribution is 6.11. The lowest BCUT2D eigenvalue weighted by Gasteiger charge is -2.21. The van der Waals surface area contributed by atoms with E-state index in [0.717, 1.165) is 23.3 Å². The Labute approximate surface area is 205 Å². The molecule has 1 aliphatic rings. The van der Waals surface area contributed by atoms with Gasteiger partial charge in [0.15, 0.2) is 23.0 Å². The number of benzene rings is 2. The fraction of sp³-hybridized carbons (Fsp3) is 0.321. The van der Waals surface area contributed by atoms with Crippen molar-refractivity contribution in [1.29, 1.82) is 0 Å². The third-order valence-electron chi connectivity index (χ3n) is 5.72. The lowest BCUT2D eigenvalue weighted by Crippen LogP contribution is -2.35. The van der Waals surface area contributed by atoms with Crippen molar-refractivity contribution in [3.05, 3.63) is 71.4 Å². The number of anilines is 1. The van der Waals surface area contributed by atoms with Gasteiger partial charge < -0.3 is 14.2 Å². The molecule has 0 spiro atoms. The Bertz CT molecular complexity index is 1220. The zero-order chi connectivity index (χ0) is 24.8. The van der Waals surface area contributed by atoms with Gasteiger partial charge in [-0.1, -0.05) is 12.1 Å². The summed E-state index contributed by atoms with van der Waals surface area (Å²) in [6.45, 7) is 6.90. The van der Waals surface area contributed by atoms with Crippen LogP contribution in [0.3, 0.4) is 0 Å². The summed E-state index contributed by atoms with van der Waals surface area (Å²) in [6, 6.07) is 14.8. The van der Waals surface area contributed by atoms with Gasteiger partial charge in [0.2, 0.25) is 5.88 Å². The number of aromatic nitrogens is 1. The number of pyridine rings is 1. The summed E-state index contributed by atoms with van der Waals surface area (Å²) in [5.41, 5.74) is 2.96. The van der Waals surface area contributed by atoms with Gasteiger partial charge in [-0.2, -0.15) is 0 Å². The van der Waals surface area contributed by atoms with Crippen molar-refractivity contribution in [3.63, 3.8) is 0 Å². The molecule has 0 fully saturated rings. The summed E-state index contributed by atoms with van der Waals surface area (Å²) >= 11 is 0. The van der Waals surface area contributed by atoms with Crippen molar-refractivity contribution in [2.45, 2.75) is 40.0 Å². The van der Waals surface area contributed by atoms with Crippen LogP contribution in [-0.4, -0.2) is 36.4 Å². The molecule has 4 rings (SSSR count). The topological polar surface area (TPSA) is 78.0 Å². The van der Waals surface area contributed by atoms with Crippen LogP contribution in [0.2, 0.25) is 0 Å². The zero-order valence-corrected chi connectivity index (χ0v) is 20.4. The van der Waals surface area contributed by atoms with E-state index in [0.29, 0.717) is 48.8 Å². The first-order valence-corrected chi connectivity index (χ1v) is 12.0. The number of hydrogen-bond donors (Lipinski definition) is 0. The van der Waals surface area contributed by atoms with E-state index in [1.54, 1.807) is 24.4 Å². The van der Waals surface area contributed by atoms with Crippen LogP contribution in [0.25, 0.3) is 0 Å². The second-order valence-electron chi connectivity index (χ2n) is 8.36. The first-order chi connectivity index (χ1) is 17.0. The van der Waals surface area contributed by atoms with Crippen molar-refractivity contribution in [2.24, 2.45) is 0 Å². The van der Waals surface area contributed by atoms with Gasteiger partial charge in [-0.15, -0.1) is 0 Å². The molecule has 1 amide bonds. The van der Waals surface area contributed by atoms with Crippen LogP contribution in [0.1, 0.15) is 48.2 Å². The third-order valence-corrected chi connectivity index (χ3v) is 5.72. The molecule has 0 unspecified atom stereocenters. The fourth-order valence-corrected chi connectivity index (χ4v) is 4.07. The molecule has 3 aromatic rings. The Hall–Kier alpha value is -3.87. The summed E-state index contributed by atoms with van der Waals surface area (Å²) in [5.74, 6) is 1.88. The van der Waals surface area contributed by atoms with Crippen molar-refractivity contribution >= 4 is 17.4 Å². The molecule has 35 heavy (non-hydrogen) atoms. The summed E-state index contributed by atoms with van der Waals surface area (Å²) in [4.78, 5) is 32.0. The average Bonchev–Trinajstić information content (AvgIpc) is 2.96. The van der Waals surface area contributed by atoms with Gasteiger partial charge in [-0.3, -0.25) is 14.5 Å². The fourth-order valence-electron chi connectivity index (χ4n) is 4.07. The predicted octanol–water partition coefficient (Wildman–Crippen LogP) is 5.53. The second kappa shape index (κ2) is 11.0. The quantitative estimate of drug-likeness (QED) is 0.384. The molecule has 2 aromatic carbocycles. The molecule has 1 aliphatic heterocycles. The van der Waals surface area contributed by atoms with E-state index in [2.05, 4.69) is 4.98 Å².